The Bertz CT molecular complexity index is 1610. The van der Waals surface area contributed by atoms with E-state index in [0.717, 1.165) is 37.3 Å². The van der Waals surface area contributed by atoms with Crippen LogP contribution in [0, 0.1) is 40.8 Å². The topological polar surface area (TPSA) is 22.1 Å². The van der Waals surface area contributed by atoms with Gasteiger partial charge in [0.2, 0.25) is 0 Å². The van der Waals surface area contributed by atoms with Crippen LogP contribution in [0.25, 0.3) is 22.4 Å². The van der Waals surface area contributed by atoms with Gasteiger partial charge in [0.25, 0.3) is 0 Å². The van der Waals surface area contributed by atoms with Crippen molar-refractivity contribution in [3.05, 3.63) is 119 Å². The molecule has 43 heavy (non-hydrogen) atoms. The van der Waals surface area contributed by atoms with Gasteiger partial charge in [0, 0.05) is 29.5 Å². The summed E-state index contributed by atoms with van der Waals surface area (Å²) < 4.78 is 118. The van der Waals surface area contributed by atoms with Crippen LogP contribution in [0.4, 0.5) is 35.1 Å². The second kappa shape index (κ2) is 12.2. The maximum absolute atomic E-state index is 15.1. The van der Waals surface area contributed by atoms with Crippen molar-refractivity contribution in [3.63, 3.8) is 0 Å². The quantitative estimate of drug-likeness (QED) is 0.119. The van der Waals surface area contributed by atoms with E-state index in [1.165, 1.54) is 12.1 Å². The van der Waals surface area contributed by atoms with Crippen LogP contribution in [0.3, 0.4) is 0 Å². The average molecular weight is 604 g/mol. The number of hydrogen-bond donors (Lipinski definition) is 0. The third kappa shape index (κ3) is 6.43. The fourth-order valence-electron chi connectivity index (χ4n) is 5.44. The van der Waals surface area contributed by atoms with Gasteiger partial charge in [-0.05, 0) is 79.8 Å². The average Bonchev–Trinajstić information content (AvgIpc) is 2.95. The number of rotatable bonds is 7. The zero-order valence-electron chi connectivity index (χ0n) is 22.8. The SMILES string of the molecule is CC=CC1CCC(c2ccc(-c3ccc(-c4cc(F)c(C(F)(F)Oc5cc(F)c(F)c(F)c5)c(F)c4)c(F)c3)nc2)CC1. The number of benzene rings is 3. The Balaban J connectivity index is 1.34. The van der Waals surface area contributed by atoms with Crippen molar-refractivity contribution in [2.45, 2.75) is 44.6 Å². The summed E-state index contributed by atoms with van der Waals surface area (Å²) in [7, 11) is 0. The molecule has 1 saturated carbocycles. The van der Waals surface area contributed by atoms with Crippen LogP contribution < -0.4 is 4.74 Å². The van der Waals surface area contributed by atoms with E-state index in [-0.39, 0.29) is 23.3 Å². The molecule has 0 unspecified atom stereocenters. The number of allylic oxidation sites excluding steroid dienone is 2. The number of nitrogens with zero attached hydrogens (tertiary/aromatic N) is 1. The van der Waals surface area contributed by atoms with Gasteiger partial charge in [-0.3, -0.25) is 4.98 Å². The van der Waals surface area contributed by atoms with Crippen LogP contribution in [-0.2, 0) is 6.11 Å². The lowest BCUT2D eigenvalue weighted by Gasteiger charge is -2.26. The third-order valence-corrected chi connectivity index (χ3v) is 7.61. The first-order valence-electron chi connectivity index (χ1n) is 13.6. The van der Waals surface area contributed by atoms with Crippen molar-refractivity contribution in [1.82, 2.24) is 4.98 Å². The molecule has 1 aromatic heterocycles. The first-order chi connectivity index (χ1) is 20.5. The summed E-state index contributed by atoms with van der Waals surface area (Å²) in [5.74, 6) is -10.3. The van der Waals surface area contributed by atoms with Crippen LogP contribution in [0.5, 0.6) is 5.75 Å². The summed E-state index contributed by atoms with van der Waals surface area (Å²) in [6, 6.07) is 8.76. The summed E-state index contributed by atoms with van der Waals surface area (Å²) >= 11 is 0. The van der Waals surface area contributed by atoms with Gasteiger partial charge in [0.05, 0.1) is 5.69 Å². The van der Waals surface area contributed by atoms with Gasteiger partial charge in [-0.2, -0.15) is 8.78 Å². The van der Waals surface area contributed by atoms with E-state index in [4.69, 9.17) is 0 Å². The summed E-state index contributed by atoms with van der Waals surface area (Å²) in [5, 5.41) is 0. The normalized spacial score (nSPS) is 17.4. The maximum Gasteiger partial charge on any atom is 0.432 e. The Kier molecular flexibility index (Phi) is 8.57. The molecule has 1 aliphatic carbocycles. The molecule has 224 valence electrons. The van der Waals surface area contributed by atoms with Gasteiger partial charge in [-0.25, -0.2) is 26.3 Å². The fraction of sp³-hybridized carbons (Fsp3) is 0.242. The van der Waals surface area contributed by atoms with E-state index in [9.17, 15) is 30.7 Å². The molecule has 5 rings (SSSR count). The highest BCUT2D eigenvalue weighted by atomic mass is 19.3. The van der Waals surface area contributed by atoms with Gasteiger partial charge < -0.3 is 4.74 Å². The minimum Gasteiger partial charge on any atom is -0.429 e. The largest absolute Gasteiger partial charge is 0.432 e. The second-order valence-electron chi connectivity index (χ2n) is 10.4. The van der Waals surface area contributed by atoms with Gasteiger partial charge in [0.15, 0.2) is 17.5 Å². The van der Waals surface area contributed by atoms with E-state index in [2.05, 4.69) is 21.9 Å². The molecule has 0 radical (unpaired) electrons. The number of ether oxygens (including phenoxy) is 1. The second-order valence-corrected chi connectivity index (χ2v) is 10.4. The molecular weight excluding hydrogens is 578 g/mol. The minimum absolute atomic E-state index is 0.103. The van der Waals surface area contributed by atoms with E-state index in [1.54, 1.807) is 12.3 Å². The van der Waals surface area contributed by atoms with E-state index in [0.29, 0.717) is 35.2 Å². The van der Waals surface area contributed by atoms with Crippen molar-refractivity contribution in [2.24, 2.45) is 5.92 Å². The molecule has 2 nitrogen and oxygen atoms in total. The first kappa shape index (κ1) is 30.3. The van der Waals surface area contributed by atoms with E-state index in [1.807, 2.05) is 13.0 Å². The lowest BCUT2D eigenvalue weighted by Crippen LogP contribution is -2.25. The van der Waals surface area contributed by atoms with Crippen molar-refractivity contribution >= 4 is 0 Å². The molecule has 3 aromatic carbocycles. The summed E-state index contributed by atoms with van der Waals surface area (Å²) in [6.07, 6.45) is 5.62. The molecule has 0 bridgehead atoms. The predicted molar refractivity (Wildman–Crippen MR) is 145 cm³/mol. The zero-order chi connectivity index (χ0) is 30.9. The highest BCUT2D eigenvalue weighted by Gasteiger charge is 2.41. The monoisotopic (exact) mass is 603 g/mol. The summed E-state index contributed by atoms with van der Waals surface area (Å²) in [4.78, 5) is 4.47. The molecule has 0 amide bonds. The lowest BCUT2D eigenvalue weighted by atomic mass is 9.79. The van der Waals surface area contributed by atoms with Crippen LogP contribution in [0.2, 0.25) is 0 Å². The van der Waals surface area contributed by atoms with Crippen LogP contribution >= 0.6 is 0 Å². The highest BCUT2D eigenvalue weighted by Crippen LogP contribution is 2.39. The number of halogens is 8. The number of hydrogen-bond acceptors (Lipinski definition) is 2. The number of aromatic nitrogens is 1. The molecule has 4 aromatic rings. The van der Waals surface area contributed by atoms with Crippen LogP contribution in [-0.4, -0.2) is 4.98 Å². The predicted octanol–water partition coefficient (Wildman–Crippen LogP) is 10.2. The Morgan fingerprint density at radius 3 is 1.93 bits per heavy atom. The fourth-order valence-corrected chi connectivity index (χ4v) is 5.44. The zero-order valence-corrected chi connectivity index (χ0v) is 22.8. The summed E-state index contributed by atoms with van der Waals surface area (Å²) in [6.45, 7) is 2.02. The maximum atomic E-state index is 15.1. The Morgan fingerprint density at radius 2 is 1.37 bits per heavy atom. The molecule has 10 heteroatoms. The standard InChI is InChI=1S/C33H25F8NO/c1-2-3-18-4-6-19(7-5-18)21-9-11-30(42-17-21)20-8-10-24(25(34)12-20)22-13-26(35)31(27(36)14-22)33(40,41)43-23-15-28(37)32(39)29(38)16-23/h2-3,8-19H,4-7H2,1H3. The van der Waals surface area contributed by atoms with E-state index < -0.39 is 52.3 Å². The van der Waals surface area contributed by atoms with Gasteiger partial charge >= 0.3 is 6.11 Å². The third-order valence-electron chi connectivity index (χ3n) is 7.61. The molecule has 1 aliphatic rings. The van der Waals surface area contributed by atoms with Gasteiger partial charge in [-0.15, -0.1) is 0 Å². The first-order valence-corrected chi connectivity index (χ1v) is 13.6. The molecule has 0 saturated heterocycles. The summed E-state index contributed by atoms with van der Waals surface area (Å²) in [5.41, 5.74) is -0.543. The van der Waals surface area contributed by atoms with Gasteiger partial charge in [-0.1, -0.05) is 30.4 Å². The number of pyridine rings is 1. The van der Waals surface area contributed by atoms with Gasteiger partial charge in [0.1, 0.15) is 28.8 Å². The molecule has 1 heterocycles. The molecule has 0 atom stereocenters. The smallest absolute Gasteiger partial charge is 0.429 e. The van der Waals surface area contributed by atoms with Crippen LogP contribution in [0.15, 0.2) is 72.9 Å². The molecular formula is C33H25F8NO. The Labute approximate surface area is 242 Å². The lowest BCUT2D eigenvalue weighted by molar-refractivity contribution is -0.189. The van der Waals surface area contributed by atoms with Crippen molar-refractivity contribution in [2.75, 3.05) is 0 Å². The van der Waals surface area contributed by atoms with Crippen molar-refractivity contribution in [3.8, 4) is 28.1 Å². The molecule has 1 fully saturated rings. The molecule has 0 aliphatic heterocycles. The van der Waals surface area contributed by atoms with Crippen molar-refractivity contribution < 1.29 is 39.9 Å². The molecule has 0 N–H and O–H groups in total. The van der Waals surface area contributed by atoms with Crippen LogP contribution in [0.1, 0.15) is 49.7 Å². The van der Waals surface area contributed by atoms with E-state index >= 15 is 4.39 Å². The minimum atomic E-state index is -4.75. The Hall–Kier alpha value is -4.21. The number of alkyl halides is 2. The van der Waals surface area contributed by atoms with Crippen molar-refractivity contribution in [1.29, 1.82) is 0 Å². The Morgan fingerprint density at radius 1 is 0.744 bits per heavy atom. The highest BCUT2D eigenvalue weighted by molar-refractivity contribution is 5.70. The molecule has 0 spiro atoms.